The number of halogens is 1. The first-order valence-electron chi connectivity index (χ1n) is 6.94. The van der Waals surface area contributed by atoms with Crippen LogP contribution >= 0.6 is 23.1 Å². The summed E-state index contributed by atoms with van der Waals surface area (Å²) in [4.78, 5) is 2.34. The van der Waals surface area contributed by atoms with Crippen molar-refractivity contribution in [3.8, 4) is 5.75 Å². The first kappa shape index (κ1) is 18.1. The van der Waals surface area contributed by atoms with Crippen molar-refractivity contribution in [1.29, 1.82) is 0 Å². The van der Waals surface area contributed by atoms with Crippen LogP contribution in [0, 0.1) is 0 Å². The predicted octanol–water partition coefficient (Wildman–Crippen LogP) is 2.50. The molecule has 0 fully saturated rings. The van der Waals surface area contributed by atoms with Crippen molar-refractivity contribution in [2.75, 3.05) is 26.5 Å². The van der Waals surface area contributed by atoms with Gasteiger partial charge in [-0.05, 0) is 31.7 Å². The van der Waals surface area contributed by atoms with Crippen molar-refractivity contribution < 1.29 is 13.2 Å². The SMILES string of the molecule is CN(CCCOc1cccc(S(C)(=O)=O)c1)Cc1nnsc1Cl. The van der Waals surface area contributed by atoms with Crippen molar-refractivity contribution in [3.05, 3.63) is 34.3 Å². The lowest BCUT2D eigenvalue weighted by Gasteiger charge is -2.15. The smallest absolute Gasteiger partial charge is 0.175 e. The second-order valence-corrected chi connectivity index (χ2v) is 8.55. The maximum Gasteiger partial charge on any atom is 0.175 e. The van der Waals surface area contributed by atoms with Crippen molar-refractivity contribution in [2.45, 2.75) is 17.9 Å². The molecule has 0 amide bonds. The van der Waals surface area contributed by atoms with Gasteiger partial charge in [0.15, 0.2) is 9.84 Å². The summed E-state index contributed by atoms with van der Waals surface area (Å²) < 4.78 is 33.0. The van der Waals surface area contributed by atoms with Gasteiger partial charge in [-0.3, -0.25) is 0 Å². The molecule has 1 aromatic carbocycles. The average molecular weight is 376 g/mol. The largest absolute Gasteiger partial charge is 0.494 e. The summed E-state index contributed by atoms with van der Waals surface area (Å²) in [5.74, 6) is 0.558. The van der Waals surface area contributed by atoms with Crippen LogP contribution in [0.2, 0.25) is 4.34 Å². The molecule has 0 radical (unpaired) electrons. The highest BCUT2D eigenvalue weighted by Gasteiger charge is 2.09. The van der Waals surface area contributed by atoms with E-state index in [1.54, 1.807) is 24.3 Å². The lowest BCUT2D eigenvalue weighted by molar-refractivity contribution is 0.257. The maximum absolute atomic E-state index is 11.5. The van der Waals surface area contributed by atoms with Crippen molar-refractivity contribution in [3.63, 3.8) is 0 Å². The maximum atomic E-state index is 11.5. The van der Waals surface area contributed by atoms with Crippen LogP contribution in [-0.2, 0) is 16.4 Å². The molecule has 0 aliphatic rings. The van der Waals surface area contributed by atoms with Gasteiger partial charge in [-0.25, -0.2) is 8.42 Å². The molecule has 0 aliphatic carbocycles. The van der Waals surface area contributed by atoms with Crippen LogP contribution in [0.1, 0.15) is 12.1 Å². The number of hydrogen-bond acceptors (Lipinski definition) is 7. The highest BCUT2D eigenvalue weighted by Crippen LogP contribution is 2.19. The molecule has 1 heterocycles. The quantitative estimate of drug-likeness (QED) is 0.660. The first-order chi connectivity index (χ1) is 10.9. The zero-order valence-corrected chi connectivity index (χ0v) is 15.3. The van der Waals surface area contributed by atoms with Crippen molar-refractivity contribution in [2.24, 2.45) is 0 Å². The number of nitrogens with zero attached hydrogens (tertiary/aromatic N) is 3. The molecule has 23 heavy (non-hydrogen) atoms. The van der Waals surface area contributed by atoms with Gasteiger partial charge in [0, 0.05) is 30.9 Å². The fourth-order valence-electron chi connectivity index (χ4n) is 1.95. The summed E-state index contributed by atoms with van der Waals surface area (Å²) in [6.07, 6.45) is 1.98. The molecule has 9 heteroatoms. The molecule has 0 bridgehead atoms. The second kappa shape index (κ2) is 8.05. The van der Waals surface area contributed by atoms with Gasteiger partial charge in [0.2, 0.25) is 0 Å². The van der Waals surface area contributed by atoms with E-state index in [-0.39, 0.29) is 4.90 Å². The van der Waals surface area contributed by atoms with Crippen molar-refractivity contribution >= 4 is 33.0 Å². The fourth-order valence-corrected chi connectivity index (χ4v) is 3.21. The Morgan fingerprint density at radius 3 is 2.83 bits per heavy atom. The number of sulfone groups is 1. The van der Waals surface area contributed by atoms with Crippen LogP contribution in [0.5, 0.6) is 5.75 Å². The molecule has 0 aliphatic heterocycles. The van der Waals surface area contributed by atoms with Gasteiger partial charge in [-0.15, -0.1) is 5.10 Å². The highest BCUT2D eigenvalue weighted by atomic mass is 35.5. The van der Waals surface area contributed by atoms with E-state index in [1.165, 1.54) is 17.8 Å². The van der Waals surface area contributed by atoms with Gasteiger partial charge in [0.05, 0.1) is 11.5 Å². The van der Waals surface area contributed by atoms with E-state index in [0.717, 1.165) is 18.7 Å². The second-order valence-electron chi connectivity index (χ2n) is 5.18. The van der Waals surface area contributed by atoms with Crippen LogP contribution in [0.25, 0.3) is 0 Å². The minimum absolute atomic E-state index is 0.262. The third-order valence-corrected chi connectivity index (χ3v) is 5.21. The highest BCUT2D eigenvalue weighted by molar-refractivity contribution is 7.90. The summed E-state index contributed by atoms with van der Waals surface area (Å²) in [6, 6.07) is 6.52. The van der Waals surface area contributed by atoms with Crippen LogP contribution in [0.3, 0.4) is 0 Å². The molecule has 1 aromatic heterocycles. The van der Waals surface area contributed by atoms with Gasteiger partial charge in [-0.2, -0.15) is 0 Å². The normalized spacial score (nSPS) is 11.8. The van der Waals surface area contributed by atoms with E-state index < -0.39 is 9.84 Å². The Hall–Kier alpha value is -1.22. The topological polar surface area (TPSA) is 72.4 Å². The van der Waals surface area contributed by atoms with Gasteiger partial charge in [0.1, 0.15) is 15.8 Å². The van der Waals surface area contributed by atoms with Gasteiger partial charge in [-0.1, -0.05) is 22.2 Å². The Labute approximate surface area is 145 Å². The Bertz CT molecular complexity index is 749. The zero-order valence-electron chi connectivity index (χ0n) is 12.9. The van der Waals surface area contributed by atoms with E-state index in [4.69, 9.17) is 16.3 Å². The summed E-state index contributed by atoms with van der Waals surface area (Å²) in [6.45, 7) is 1.94. The number of aromatic nitrogens is 2. The molecule has 2 rings (SSSR count). The Balaban J connectivity index is 1.76. The first-order valence-corrected chi connectivity index (χ1v) is 9.99. The van der Waals surface area contributed by atoms with Crippen molar-refractivity contribution in [1.82, 2.24) is 14.5 Å². The Morgan fingerprint density at radius 1 is 1.39 bits per heavy atom. The lowest BCUT2D eigenvalue weighted by atomic mass is 10.3. The third-order valence-electron chi connectivity index (χ3n) is 3.12. The molecule has 0 atom stereocenters. The van der Waals surface area contributed by atoms with Gasteiger partial charge >= 0.3 is 0 Å². The average Bonchev–Trinajstić information content (AvgIpc) is 2.88. The molecule has 0 unspecified atom stereocenters. The standard InChI is InChI=1S/C14H18ClN3O3S2/c1-18(10-13-14(15)22-17-16-13)7-4-8-21-11-5-3-6-12(9-11)23(2,19)20/h3,5-6,9H,4,7-8,10H2,1-2H3. The molecule has 0 N–H and O–H groups in total. The van der Waals surface area contributed by atoms with E-state index in [1.807, 2.05) is 7.05 Å². The number of benzene rings is 1. The molecule has 0 spiro atoms. The van der Waals surface area contributed by atoms with Gasteiger partial charge < -0.3 is 9.64 Å². The molecule has 2 aromatic rings. The van der Waals surface area contributed by atoms with Crippen LogP contribution in [-0.4, -0.2) is 49.4 Å². The van der Waals surface area contributed by atoms with Crippen LogP contribution in [0.15, 0.2) is 29.2 Å². The van der Waals surface area contributed by atoms with E-state index in [0.29, 0.717) is 23.2 Å². The summed E-state index contributed by atoms with van der Waals surface area (Å²) >= 11 is 7.15. The number of rotatable bonds is 8. The summed E-state index contributed by atoms with van der Waals surface area (Å²) in [5, 5.41) is 3.97. The minimum Gasteiger partial charge on any atom is -0.494 e. The number of hydrogen-bond donors (Lipinski definition) is 0. The summed E-state index contributed by atoms with van der Waals surface area (Å²) in [7, 11) is -1.24. The molecule has 0 saturated heterocycles. The van der Waals surface area contributed by atoms with E-state index in [9.17, 15) is 8.42 Å². The fraction of sp³-hybridized carbons (Fsp3) is 0.429. The lowest BCUT2D eigenvalue weighted by Crippen LogP contribution is -2.21. The monoisotopic (exact) mass is 375 g/mol. The van der Waals surface area contributed by atoms with E-state index in [2.05, 4.69) is 14.5 Å². The molecule has 0 saturated carbocycles. The molecule has 126 valence electrons. The number of ether oxygens (including phenoxy) is 1. The third kappa shape index (κ3) is 5.72. The minimum atomic E-state index is -3.22. The zero-order chi connectivity index (χ0) is 16.9. The Kier molecular flexibility index (Phi) is 6.34. The summed E-state index contributed by atoms with van der Waals surface area (Å²) in [5.41, 5.74) is 0.779. The predicted molar refractivity (Wildman–Crippen MR) is 90.9 cm³/mol. The molecular formula is C14H18ClN3O3S2. The van der Waals surface area contributed by atoms with Gasteiger partial charge in [0.25, 0.3) is 0 Å². The van der Waals surface area contributed by atoms with E-state index >= 15 is 0 Å². The van der Waals surface area contributed by atoms with Crippen LogP contribution < -0.4 is 4.74 Å². The van der Waals surface area contributed by atoms with Crippen LogP contribution in [0.4, 0.5) is 0 Å². The molecule has 6 nitrogen and oxygen atoms in total. The molecular weight excluding hydrogens is 358 g/mol. The Morgan fingerprint density at radius 2 is 2.17 bits per heavy atom.